The number of aromatic nitrogens is 1. The van der Waals surface area contributed by atoms with Gasteiger partial charge in [-0.3, -0.25) is 24.4 Å². The average Bonchev–Trinajstić information content (AvgIpc) is 2.92. The number of anilines is 1. The zero-order valence-electron chi connectivity index (χ0n) is 14.9. The fourth-order valence-corrected chi connectivity index (χ4v) is 3.61. The van der Waals surface area contributed by atoms with Gasteiger partial charge in [0, 0.05) is 24.8 Å². The van der Waals surface area contributed by atoms with E-state index in [0.29, 0.717) is 31.1 Å². The highest BCUT2D eigenvalue weighted by Crippen LogP contribution is 2.42. The van der Waals surface area contributed by atoms with Crippen LogP contribution in [0.1, 0.15) is 22.5 Å². The number of ether oxygens (including phenoxy) is 1. The Morgan fingerprint density at radius 2 is 1.89 bits per heavy atom. The Morgan fingerprint density at radius 1 is 1.15 bits per heavy atom. The lowest BCUT2D eigenvalue weighted by Crippen LogP contribution is -2.49. The molecule has 2 aliphatic heterocycles. The van der Waals surface area contributed by atoms with Gasteiger partial charge in [-0.25, -0.2) is 0 Å². The van der Waals surface area contributed by atoms with Crippen LogP contribution in [0.4, 0.5) is 5.69 Å². The molecule has 27 heavy (non-hydrogen) atoms. The molecule has 140 valence electrons. The Hall–Kier alpha value is -2.61. The van der Waals surface area contributed by atoms with Crippen molar-refractivity contribution in [1.82, 2.24) is 9.88 Å². The lowest BCUT2D eigenvalue weighted by atomic mass is 9.89. The molecule has 2 aromatic rings. The molecule has 7 heteroatoms. The Balaban J connectivity index is 1.62. The number of fused-ring (bicyclic) bond motifs is 1. The first-order valence-corrected chi connectivity index (χ1v) is 8.98. The van der Waals surface area contributed by atoms with Gasteiger partial charge in [-0.2, -0.15) is 0 Å². The van der Waals surface area contributed by atoms with E-state index < -0.39 is 11.5 Å². The van der Waals surface area contributed by atoms with Crippen LogP contribution in [0.15, 0.2) is 48.7 Å². The number of aliphatic hydroxyl groups is 1. The van der Waals surface area contributed by atoms with Gasteiger partial charge in [-0.05, 0) is 18.2 Å². The highest BCUT2D eigenvalue weighted by molar-refractivity contribution is 6.10. The Bertz CT molecular complexity index is 851. The van der Waals surface area contributed by atoms with E-state index in [1.165, 1.54) is 6.20 Å². The minimum Gasteiger partial charge on any atom is -0.379 e. The van der Waals surface area contributed by atoms with E-state index in [0.717, 1.165) is 13.1 Å². The smallest absolute Gasteiger partial charge is 0.265 e. The highest BCUT2D eigenvalue weighted by atomic mass is 16.5. The molecule has 1 atom stereocenters. The van der Waals surface area contributed by atoms with Crippen molar-refractivity contribution in [2.24, 2.45) is 0 Å². The minimum absolute atomic E-state index is 0.239. The fraction of sp³-hybridized carbons (Fsp3) is 0.350. The molecule has 1 saturated heterocycles. The van der Waals surface area contributed by atoms with E-state index in [-0.39, 0.29) is 17.9 Å². The number of ketones is 1. The van der Waals surface area contributed by atoms with Crippen LogP contribution in [0.25, 0.3) is 0 Å². The van der Waals surface area contributed by atoms with E-state index in [4.69, 9.17) is 4.74 Å². The van der Waals surface area contributed by atoms with Gasteiger partial charge in [0.05, 0.1) is 32.0 Å². The lowest BCUT2D eigenvalue weighted by molar-refractivity contribution is -0.136. The van der Waals surface area contributed by atoms with Crippen molar-refractivity contribution in [2.75, 3.05) is 37.9 Å². The van der Waals surface area contributed by atoms with E-state index in [1.54, 1.807) is 41.3 Å². The molecule has 0 saturated carbocycles. The van der Waals surface area contributed by atoms with Crippen LogP contribution in [0.3, 0.4) is 0 Å². The van der Waals surface area contributed by atoms with Crippen LogP contribution in [0.2, 0.25) is 0 Å². The van der Waals surface area contributed by atoms with Crippen LogP contribution in [0, 0.1) is 0 Å². The van der Waals surface area contributed by atoms with Crippen molar-refractivity contribution < 1.29 is 19.4 Å². The van der Waals surface area contributed by atoms with Crippen LogP contribution in [0.5, 0.6) is 0 Å². The summed E-state index contributed by atoms with van der Waals surface area (Å²) in [7, 11) is 0. The van der Waals surface area contributed by atoms with Crippen LogP contribution in [-0.4, -0.2) is 59.7 Å². The summed E-state index contributed by atoms with van der Waals surface area (Å²) in [5.74, 6) is -0.839. The highest BCUT2D eigenvalue weighted by Gasteiger charge is 2.51. The van der Waals surface area contributed by atoms with Gasteiger partial charge in [0.25, 0.3) is 5.91 Å². The van der Waals surface area contributed by atoms with E-state index >= 15 is 0 Å². The third kappa shape index (κ3) is 3.25. The van der Waals surface area contributed by atoms with E-state index in [9.17, 15) is 14.7 Å². The number of Topliss-reactive ketones (excluding diaryl/α,β-unsaturated/α-hetero) is 1. The number of hydrogen-bond donors (Lipinski definition) is 1. The second-order valence-electron chi connectivity index (χ2n) is 6.80. The van der Waals surface area contributed by atoms with E-state index in [2.05, 4.69) is 9.88 Å². The molecule has 1 aromatic carbocycles. The van der Waals surface area contributed by atoms with Crippen molar-refractivity contribution in [3.63, 3.8) is 0 Å². The largest absolute Gasteiger partial charge is 0.379 e. The van der Waals surface area contributed by atoms with E-state index in [1.807, 2.05) is 6.07 Å². The summed E-state index contributed by atoms with van der Waals surface area (Å²) in [4.78, 5) is 33.5. The average molecular weight is 367 g/mol. The van der Waals surface area contributed by atoms with Crippen molar-refractivity contribution >= 4 is 17.4 Å². The van der Waals surface area contributed by atoms with Crippen molar-refractivity contribution in [3.05, 3.63) is 59.9 Å². The second-order valence-corrected chi connectivity index (χ2v) is 6.80. The number of morpholine rings is 1. The first-order valence-electron chi connectivity index (χ1n) is 8.98. The number of rotatable bonds is 5. The topological polar surface area (TPSA) is 83.0 Å². The predicted octanol–water partition coefficient (Wildman–Crippen LogP) is 1.18. The summed E-state index contributed by atoms with van der Waals surface area (Å²) >= 11 is 0. The van der Waals surface area contributed by atoms with Crippen molar-refractivity contribution in [2.45, 2.75) is 12.0 Å². The Labute approximate surface area is 157 Å². The molecule has 0 aliphatic carbocycles. The molecule has 2 aliphatic rings. The van der Waals surface area contributed by atoms with Crippen LogP contribution < -0.4 is 4.90 Å². The molecule has 1 N–H and O–H groups in total. The van der Waals surface area contributed by atoms with Crippen molar-refractivity contribution in [1.29, 1.82) is 0 Å². The molecule has 0 spiro atoms. The number of pyridine rings is 1. The van der Waals surface area contributed by atoms with Gasteiger partial charge in [-0.15, -0.1) is 0 Å². The summed E-state index contributed by atoms with van der Waals surface area (Å²) in [5.41, 5.74) is -0.530. The van der Waals surface area contributed by atoms with Gasteiger partial charge >= 0.3 is 0 Å². The lowest BCUT2D eigenvalue weighted by Gasteiger charge is -2.31. The minimum atomic E-state index is -1.88. The normalized spacial score (nSPS) is 22.7. The standard InChI is InChI=1S/C20H21N3O4/c24-18(16-6-3-4-8-21-16)13-20(26)15-5-1-2-7-17(15)23(19(20)25)14-22-9-11-27-12-10-22/h1-8,26H,9-14H2. The van der Waals surface area contributed by atoms with Crippen LogP contribution in [-0.2, 0) is 15.1 Å². The number of carbonyl (C=O) groups is 2. The molecule has 0 bridgehead atoms. The molecule has 1 fully saturated rings. The molecular formula is C20H21N3O4. The molecule has 4 rings (SSSR count). The van der Waals surface area contributed by atoms with Crippen molar-refractivity contribution in [3.8, 4) is 0 Å². The van der Waals surface area contributed by atoms with Gasteiger partial charge in [-0.1, -0.05) is 24.3 Å². The van der Waals surface area contributed by atoms with Crippen LogP contribution >= 0.6 is 0 Å². The molecule has 3 heterocycles. The number of para-hydroxylation sites is 1. The second kappa shape index (κ2) is 7.19. The first kappa shape index (κ1) is 17.8. The zero-order valence-corrected chi connectivity index (χ0v) is 14.9. The summed E-state index contributed by atoms with van der Waals surface area (Å²) in [6.07, 6.45) is 1.19. The maximum absolute atomic E-state index is 13.2. The number of benzene rings is 1. The molecular weight excluding hydrogens is 346 g/mol. The fourth-order valence-electron chi connectivity index (χ4n) is 3.61. The predicted molar refractivity (Wildman–Crippen MR) is 98.3 cm³/mol. The molecule has 1 aromatic heterocycles. The monoisotopic (exact) mass is 367 g/mol. The van der Waals surface area contributed by atoms with Gasteiger partial charge in [0.15, 0.2) is 11.4 Å². The summed E-state index contributed by atoms with van der Waals surface area (Å²) in [5, 5.41) is 11.3. The summed E-state index contributed by atoms with van der Waals surface area (Å²) in [6, 6.07) is 12.1. The zero-order chi connectivity index (χ0) is 18.9. The quantitative estimate of drug-likeness (QED) is 0.799. The maximum Gasteiger partial charge on any atom is 0.265 e. The number of amides is 1. The molecule has 1 unspecified atom stereocenters. The third-order valence-electron chi connectivity index (χ3n) is 5.05. The first-order chi connectivity index (χ1) is 13.1. The maximum atomic E-state index is 13.2. The number of nitrogens with zero attached hydrogens (tertiary/aromatic N) is 3. The Morgan fingerprint density at radius 3 is 2.63 bits per heavy atom. The summed E-state index contributed by atoms with van der Waals surface area (Å²) < 4.78 is 5.36. The third-order valence-corrected chi connectivity index (χ3v) is 5.05. The molecule has 1 amide bonds. The molecule has 0 radical (unpaired) electrons. The summed E-state index contributed by atoms with van der Waals surface area (Å²) in [6.45, 7) is 3.03. The molecule has 7 nitrogen and oxygen atoms in total. The van der Waals surface area contributed by atoms with Gasteiger partial charge < -0.3 is 9.84 Å². The Kier molecular flexibility index (Phi) is 4.73. The SMILES string of the molecule is O=C(CC1(O)C(=O)N(CN2CCOCC2)c2ccccc21)c1ccccn1. The van der Waals surface area contributed by atoms with Gasteiger partial charge in [0.2, 0.25) is 0 Å². The van der Waals surface area contributed by atoms with Gasteiger partial charge in [0.1, 0.15) is 5.69 Å². The number of hydrogen-bond acceptors (Lipinski definition) is 6. The number of carbonyl (C=O) groups excluding carboxylic acids is 2.